The van der Waals surface area contributed by atoms with Crippen LogP contribution in [0.5, 0.6) is 0 Å². The minimum atomic E-state index is -0.147. The number of amides is 1. The molecule has 0 spiro atoms. The van der Waals surface area contributed by atoms with Crippen LogP contribution in [0.4, 0.5) is 5.82 Å². The molecule has 1 amide bonds. The summed E-state index contributed by atoms with van der Waals surface area (Å²) in [5.41, 5.74) is 7.09. The second-order valence-electron chi connectivity index (χ2n) is 4.09. The van der Waals surface area contributed by atoms with Crippen LogP contribution in [0.1, 0.15) is 21.1 Å². The molecule has 0 saturated heterocycles. The zero-order valence-corrected chi connectivity index (χ0v) is 11.4. The number of thiazole rings is 1. The highest BCUT2D eigenvalue weighted by Crippen LogP contribution is 2.15. The number of anilines is 1. The Morgan fingerprint density at radius 3 is 2.83 bits per heavy atom. The number of carbonyl (C=O) groups excluding carboxylic acids is 1. The standard InChI is InChI=1S/C11H15N5OS/c1-7-14-8(6-18-7)5-15(2)11(17)9-4-13-16(3)10(9)12/h4,6H,5,12H2,1-3H3. The molecule has 2 aromatic rings. The minimum absolute atomic E-state index is 0.147. The van der Waals surface area contributed by atoms with Gasteiger partial charge in [-0.25, -0.2) is 4.98 Å². The lowest BCUT2D eigenvalue weighted by Gasteiger charge is -2.15. The first-order valence-corrected chi connectivity index (χ1v) is 6.31. The molecule has 2 heterocycles. The van der Waals surface area contributed by atoms with E-state index in [1.807, 2.05) is 12.3 Å². The number of aryl methyl sites for hydroxylation is 2. The summed E-state index contributed by atoms with van der Waals surface area (Å²) in [5, 5.41) is 6.90. The Morgan fingerprint density at radius 1 is 1.61 bits per heavy atom. The van der Waals surface area contributed by atoms with Crippen molar-refractivity contribution in [2.75, 3.05) is 12.8 Å². The normalized spacial score (nSPS) is 10.6. The van der Waals surface area contributed by atoms with Gasteiger partial charge in [0.1, 0.15) is 11.4 Å². The predicted molar refractivity (Wildman–Crippen MR) is 70.3 cm³/mol. The summed E-state index contributed by atoms with van der Waals surface area (Å²) in [6.45, 7) is 2.41. The first-order valence-electron chi connectivity index (χ1n) is 5.43. The van der Waals surface area contributed by atoms with Gasteiger partial charge in [0.05, 0.1) is 23.4 Å². The van der Waals surface area contributed by atoms with Crippen molar-refractivity contribution in [3.63, 3.8) is 0 Å². The van der Waals surface area contributed by atoms with E-state index in [1.165, 1.54) is 10.9 Å². The van der Waals surface area contributed by atoms with Crippen molar-refractivity contribution >= 4 is 23.1 Å². The monoisotopic (exact) mass is 265 g/mol. The Hall–Kier alpha value is -1.89. The van der Waals surface area contributed by atoms with Crippen LogP contribution in [-0.4, -0.2) is 32.6 Å². The zero-order valence-electron chi connectivity index (χ0n) is 10.5. The fourth-order valence-electron chi connectivity index (χ4n) is 1.61. The van der Waals surface area contributed by atoms with Crippen molar-refractivity contribution in [3.8, 4) is 0 Å². The summed E-state index contributed by atoms with van der Waals surface area (Å²) in [7, 11) is 3.43. The minimum Gasteiger partial charge on any atom is -0.383 e. The maximum absolute atomic E-state index is 12.2. The largest absolute Gasteiger partial charge is 0.383 e. The molecule has 2 rings (SSSR count). The first kappa shape index (κ1) is 12.6. The summed E-state index contributed by atoms with van der Waals surface area (Å²) in [6, 6.07) is 0. The van der Waals surface area contributed by atoms with Gasteiger partial charge < -0.3 is 10.6 Å². The van der Waals surface area contributed by atoms with Gasteiger partial charge in [-0.15, -0.1) is 11.3 Å². The van der Waals surface area contributed by atoms with Crippen LogP contribution < -0.4 is 5.73 Å². The average molecular weight is 265 g/mol. The molecule has 0 atom stereocenters. The van der Waals surface area contributed by atoms with Gasteiger partial charge in [-0.05, 0) is 6.92 Å². The lowest BCUT2D eigenvalue weighted by molar-refractivity contribution is 0.0784. The van der Waals surface area contributed by atoms with E-state index in [9.17, 15) is 4.79 Å². The van der Waals surface area contributed by atoms with E-state index >= 15 is 0 Å². The Morgan fingerprint density at radius 2 is 2.33 bits per heavy atom. The summed E-state index contributed by atoms with van der Waals surface area (Å²) in [4.78, 5) is 18.1. The molecule has 0 aliphatic heterocycles. The van der Waals surface area contributed by atoms with Crippen LogP contribution in [0, 0.1) is 6.92 Å². The summed E-state index contributed by atoms with van der Waals surface area (Å²) in [6.07, 6.45) is 1.49. The van der Waals surface area contributed by atoms with Gasteiger partial charge in [0.2, 0.25) is 0 Å². The molecule has 96 valence electrons. The molecular formula is C11H15N5OS. The van der Waals surface area contributed by atoms with Crippen LogP contribution in [0.2, 0.25) is 0 Å². The van der Waals surface area contributed by atoms with Crippen molar-refractivity contribution in [1.29, 1.82) is 0 Å². The van der Waals surface area contributed by atoms with Crippen molar-refractivity contribution in [1.82, 2.24) is 19.7 Å². The fourth-order valence-corrected chi connectivity index (χ4v) is 2.22. The Bertz CT molecular complexity index is 574. The number of hydrogen-bond acceptors (Lipinski definition) is 5. The Kier molecular flexibility index (Phi) is 3.33. The van der Waals surface area contributed by atoms with E-state index in [4.69, 9.17) is 5.73 Å². The number of rotatable bonds is 3. The molecule has 0 fully saturated rings. The number of carbonyl (C=O) groups is 1. The smallest absolute Gasteiger partial charge is 0.259 e. The lowest BCUT2D eigenvalue weighted by Crippen LogP contribution is -2.26. The molecule has 6 nitrogen and oxygen atoms in total. The highest BCUT2D eigenvalue weighted by molar-refractivity contribution is 7.09. The Balaban J connectivity index is 2.12. The predicted octanol–water partition coefficient (Wildman–Crippen LogP) is 1.04. The average Bonchev–Trinajstić information content (AvgIpc) is 2.87. The second kappa shape index (κ2) is 4.77. The Labute approximate surface area is 109 Å². The molecule has 0 radical (unpaired) electrons. The fraction of sp³-hybridized carbons (Fsp3) is 0.364. The molecule has 0 saturated carbocycles. The highest BCUT2D eigenvalue weighted by atomic mass is 32.1. The highest BCUT2D eigenvalue weighted by Gasteiger charge is 2.18. The molecular weight excluding hydrogens is 250 g/mol. The number of hydrogen-bond donors (Lipinski definition) is 1. The molecule has 7 heteroatoms. The summed E-state index contributed by atoms with van der Waals surface area (Å²) in [5.74, 6) is 0.229. The summed E-state index contributed by atoms with van der Waals surface area (Å²) >= 11 is 1.57. The van der Waals surface area contributed by atoms with Gasteiger partial charge in [0.15, 0.2) is 0 Å². The van der Waals surface area contributed by atoms with E-state index in [0.717, 1.165) is 10.7 Å². The second-order valence-corrected chi connectivity index (χ2v) is 5.15. The van der Waals surface area contributed by atoms with Crippen LogP contribution in [0.3, 0.4) is 0 Å². The van der Waals surface area contributed by atoms with Crippen LogP contribution in [0.15, 0.2) is 11.6 Å². The molecule has 0 aliphatic rings. The lowest BCUT2D eigenvalue weighted by atomic mass is 10.3. The third-order valence-electron chi connectivity index (χ3n) is 2.63. The van der Waals surface area contributed by atoms with Crippen LogP contribution in [0.25, 0.3) is 0 Å². The topological polar surface area (TPSA) is 77.0 Å². The van der Waals surface area contributed by atoms with Crippen molar-refractivity contribution in [2.24, 2.45) is 7.05 Å². The van der Waals surface area contributed by atoms with E-state index in [-0.39, 0.29) is 5.91 Å². The number of nitrogens with zero attached hydrogens (tertiary/aromatic N) is 4. The van der Waals surface area contributed by atoms with E-state index in [2.05, 4.69) is 10.1 Å². The summed E-state index contributed by atoms with van der Waals surface area (Å²) < 4.78 is 1.48. The van der Waals surface area contributed by atoms with Gasteiger partial charge >= 0.3 is 0 Å². The number of nitrogens with two attached hydrogens (primary N) is 1. The molecule has 0 aromatic carbocycles. The van der Waals surface area contributed by atoms with Crippen LogP contribution >= 0.6 is 11.3 Å². The SMILES string of the molecule is Cc1nc(CN(C)C(=O)c2cnn(C)c2N)cs1. The maximum atomic E-state index is 12.2. The zero-order chi connectivity index (χ0) is 13.3. The van der Waals surface area contributed by atoms with Crippen molar-refractivity contribution in [3.05, 3.63) is 27.8 Å². The molecule has 0 bridgehead atoms. The van der Waals surface area contributed by atoms with Gasteiger partial charge in [0.25, 0.3) is 5.91 Å². The van der Waals surface area contributed by atoms with Gasteiger partial charge in [-0.3, -0.25) is 9.48 Å². The van der Waals surface area contributed by atoms with E-state index < -0.39 is 0 Å². The van der Waals surface area contributed by atoms with Gasteiger partial charge in [-0.2, -0.15) is 5.10 Å². The van der Waals surface area contributed by atoms with E-state index in [0.29, 0.717) is 17.9 Å². The van der Waals surface area contributed by atoms with Crippen molar-refractivity contribution in [2.45, 2.75) is 13.5 Å². The third-order valence-corrected chi connectivity index (χ3v) is 3.45. The molecule has 0 unspecified atom stereocenters. The quantitative estimate of drug-likeness (QED) is 0.899. The van der Waals surface area contributed by atoms with Crippen LogP contribution in [-0.2, 0) is 13.6 Å². The van der Waals surface area contributed by atoms with Crippen molar-refractivity contribution < 1.29 is 4.79 Å². The number of aromatic nitrogens is 3. The number of nitrogen functional groups attached to an aromatic ring is 1. The van der Waals surface area contributed by atoms with E-state index in [1.54, 1.807) is 30.3 Å². The van der Waals surface area contributed by atoms with Gasteiger partial charge in [-0.1, -0.05) is 0 Å². The maximum Gasteiger partial charge on any atom is 0.259 e. The molecule has 18 heavy (non-hydrogen) atoms. The third kappa shape index (κ3) is 2.35. The van der Waals surface area contributed by atoms with Gasteiger partial charge in [0, 0.05) is 19.5 Å². The first-order chi connectivity index (χ1) is 8.49. The molecule has 2 aromatic heterocycles. The molecule has 2 N–H and O–H groups in total. The molecule has 0 aliphatic carbocycles.